The van der Waals surface area contributed by atoms with E-state index in [1.165, 1.54) is 0 Å². The molecule has 0 spiro atoms. The Bertz CT molecular complexity index is 335. The summed E-state index contributed by atoms with van der Waals surface area (Å²) >= 11 is 0. The van der Waals surface area contributed by atoms with Crippen LogP contribution < -0.4 is 5.73 Å². The number of amides is 1. The highest BCUT2D eigenvalue weighted by molar-refractivity contribution is 5.83. The van der Waals surface area contributed by atoms with Gasteiger partial charge >= 0.3 is 5.97 Å². The zero-order valence-corrected chi connectivity index (χ0v) is 11.8. The molecule has 4 atom stereocenters. The van der Waals surface area contributed by atoms with Crippen molar-refractivity contribution in [1.29, 1.82) is 0 Å². The van der Waals surface area contributed by atoms with Gasteiger partial charge in [-0.3, -0.25) is 9.59 Å². The first-order valence-electron chi connectivity index (χ1n) is 6.80. The Kier molecular flexibility index (Phi) is 5.75. The first-order chi connectivity index (χ1) is 8.93. The average molecular weight is 272 g/mol. The second-order valence-electron chi connectivity index (χ2n) is 5.09. The molecule has 1 aliphatic rings. The first kappa shape index (κ1) is 15.9. The molecule has 110 valence electrons. The number of hydrogen-bond donors (Lipinski definition) is 2. The van der Waals surface area contributed by atoms with Crippen LogP contribution in [0.1, 0.15) is 27.2 Å². The largest absolute Gasteiger partial charge is 0.481 e. The molecule has 0 aromatic carbocycles. The fourth-order valence-corrected chi connectivity index (χ4v) is 2.33. The molecule has 0 bridgehead atoms. The topological polar surface area (TPSA) is 92.9 Å². The minimum Gasteiger partial charge on any atom is -0.481 e. The van der Waals surface area contributed by atoms with Gasteiger partial charge in [0.15, 0.2) is 0 Å². The van der Waals surface area contributed by atoms with Gasteiger partial charge in [-0.25, -0.2) is 0 Å². The fraction of sp³-hybridized carbons (Fsp3) is 0.846. The summed E-state index contributed by atoms with van der Waals surface area (Å²) in [4.78, 5) is 25.1. The van der Waals surface area contributed by atoms with Crippen molar-refractivity contribution in [2.24, 2.45) is 17.6 Å². The van der Waals surface area contributed by atoms with E-state index >= 15 is 0 Å². The van der Waals surface area contributed by atoms with Gasteiger partial charge in [-0.15, -0.1) is 0 Å². The summed E-state index contributed by atoms with van der Waals surface area (Å²) in [6, 6.07) is -0.995. The maximum atomic E-state index is 12.4. The van der Waals surface area contributed by atoms with Crippen LogP contribution in [0.5, 0.6) is 0 Å². The fourth-order valence-electron chi connectivity index (χ4n) is 2.33. The summed E-state index contributed by atoms with van der Waals surface area (Å²) in [6.07, 6.45) is 0.813. The van der Waals surface area contributed by atoms with Crippen LogP contribution in [0.25, 0.3) is 0 Å². The molecule has 0 aromatic heterocycles. The number of ether oxygens (including phenoxy) is 1. The molecule has 3 unspecified atom stereocenters. The van der Waals surface area contributed by atoms with E-state index in [-0.39, 0.29) is 25.0 Å². The highest BCUT2D eigenvalue weighted by Gasteiger charge is 2.40. The summed E-state index contributed by atoms with van der Waals surface area (Å²) in [7, 11) is 0. The third kappa shape index (κ3) is 3.45. The number of likely N-dealkylation sites (N-methyl/N-ethyl adjacent to an activating group) is 1. The minimum absolute atomic E-state index is 0.0761. The van der Waals surface area contributed by atoms with Gasteiger partial charge in [0.25, 0.3) is 0 Å². The van der Waals surface area contributed by atoms with Crippen molar-refractivity contribution in [1.82, 2.24) is 4.90 Å². The minimum atomic E-state index is -0.925. The molecular weight excluding hydrogens is 248 g/mol. The number of rotatable bonds is 6. The van der Waals surface area contributed by atoms with E-state index in [2.05, 4.69) is 0 Å². The van der Waals surface area contributed by atoms with Crippen LogP contribution in [0.4, 0.5) is 0 Å². The highest BCUT2D eigenvalue weighted by atomic mass is 16.5. The molecule has 1 heterocycles. The van der Waals surface area contributed by atoms with E-state index in [9.17, 15) is 9.59 Å². The lowest BCUT2D eigenvalue weighted by Crippen LogP contribution is -2.53. The smallest absolute Gasteiger partial charge is 0.311 e. The Hall–Kier alpha value is -1.14. The van der Waals surface area contributed by atoms with Gasteiger partial charge in [-0.05, 0) is 12.8 Å². The standard InChI is InChI=1S/C13H24N2O4/c1-4-8(3)11(14)12(16)15(5-2)10-7-19-6-9(10)13(17)18/h8-11H,4-7,14H2,1-3H3,(H,17,18)/t8?,9?,10?,11-/m0/s1. The van der Waals surface area contributed by atoms with E-state index in [0.717, 1.165) is 6.42 Å². The summed E-state index contributed by atoms with van der Waals surface area (Å²) in [6.45, 7) is 6.61. The maximum Gasteiger partial charge on any atom is 0.311 e. The third-order valence-corrected chi connectivity index (χ3v) is 3.93. The van der Waals surface area contributed by atoms with Crippen LogP contribution in [0.2, 0.25) is 0 Å². The molecule has 1 aliphatic heterocycles. The molecule has 1 saturated heterocycles. The van der Waals surface area contributed by atoms with E-state index in [4.69, 9.17) is 15.6 Å². The summed E-state index contributed by atoms with van der Waals surface area (Å²) in [5.74, 6) is -1.69. The first-order valence-corrected chi connectivity index (χ1v) is 6.80. The normalized spacial score (nSPS) is 25.9. The van der Waals surface area contributed by atoms with Crippen LogP contribution in [0, 0.1) is 11.8 Å². The lowest BCUT2D eigenvalue weighted by molar-refractivity contribution is -0.145. The van der Waals surface area contributed by atoms with Crippen molar-refractivity contribution in [2.75, 3.05) is 19.8 Å². The molecule has 19 heavy (non-hydrogen) atoms. The third-order valence-electron chi connectivity index (χ3n) is 3.93. The van der Waals surface area contributed by atoms with E-state index < -0.39 is 24.0 Å². The SMILES string of the molecule is CCC(C)[C@H](N)C(=O)N(CC)C1COCC1C(=O)O. The van der Waals surface area contributed by atoms with Crippen LogP contribution in [-0.4, -0.2) is 53.7 Å². The number of nitrogens with two attached hydrogens (primary N) is 1. The highest BCUT2D eigenvalue weighted by Crippen LogP contribution is 2.22. The Labute approximate surface area is 113 Å². The quantitative estimate of drug-likeness (QED) is 0.726. The number of aliphatic carboxylic acids is 1. The molecular formula is C13H24N2O4. The van der Waals surface area contributed by atoms with Gasteiger partial charge in [-0.1, -0.05) is 20.3 Å². The van der Waals surface area contributed by atoms with Gasteiger partial charge in [-0.2, -0.15) is 0 Å². The van der Waals surface area contributed by atoms with Crippen LogP contribution in [0.15, 0.2) is 0 Å². The predicted molar refractivity (Wildman–Crippen MR) is 70.6 cm³/mol. The molecule has 6 nitrogen and oxygen atoms in total. The summed E-state index contributed by atoms with van der Waals surface area (Å²) < 4.78 is 5.21. The van der Waals surface area contributed by atoms with E-state index in [1.807, 2.05) is 20.8 Å². The van der Waals surface area contributed by atoms with Crippen LogP contribution in [-0.2, 0) is 14.3 Å². The molecule has 0 aliphatic carbocycles. The average Bonchev–Trinajstić information content (AvgIpc) is 2.87. The van der Waals surface area contributed by atoms with Gasteiger partial charge in [0.2, 0.25) is 5.91 Å². The van der Waals surface area contributed by atoms with Gasteiger partial charge in [0.1, 0.15) is 5.92 Å². The van der Waals surface area contributed by atoms with Crippen LogP contribution >= 0.6 is 0 Å². The van der Waals surface area contributed by atoms with E-state index in [0.29, 0.717) is 6.54 Å². The van der Waals surface area contributed by atoms with Crippen molar-refractivity contribution in [3.8, 4) is 0 Å². The zero-order valence-electron chi connectivity index (χ0n) is 11.8. The van der Waals surface area contributed by atoms with Crippen molar-refractivity contribution < 1.29 is 19.4 Å². The van der Waals surface area contributed by atoms with Crippen LogP contribution in [0.3, 0.4) is 0 Å². The number of nitrogens with zero attached hydrogens (tertiary/aromatic N) is 1. The van der Waals surface area contributed by atoms with Crippen molar-refractivity contribution in [3.05, 3.63) is 0 Å². The number of carbonyl (C=O) groups excluding carboxylic acids is 1. The monoisotopic (exact) mass is 272 g/mol. The Morgan fingerprint density at radius 3 is 2.53 bits per heavy atom. The second kappa shape index (κ2) is 6.86. The van der Waals surface area contributed by atoms with Gasteiger partial charge in [0.05, 0.1) is 25.3 Å². The number of hydrogen-bond acceptors (Lipinski definition) is 4. The van der Waals surface area contributed by atoms with Gasteiger partial charge < -0.3 is 20.5 Å². The summed E-state index contributed by atoms with van der Waals surface area (Å²) in [5.41, 5.74) is 5.96. The second-order valence-corrected chi connectivity index (χ2v) is 5.09. The predicted octanol–water partition coefficient (Wildman–Crippen LogP) is 0.308. The Balaban J connectivity index is 2.82. The number of carbonyl (C=O) groups is 2. The molecule has 1 rings (SSSR count). The molecule has 1 amide bonds. The Morgan fingerprint density at radius 1 is 1.42 bits per heavy atom. The molecule has 6 heteroatoms. The molecule has 0 aromatic rings. The number of carboxylic acid groups (broad SMARTS) is 1. The lowest BCUT2D eigenvalue weighted by Gasteiger charge is -2.32. The molecule has 3 N–H and O–H groups in total. The lowest BCUT2D eigenvalue weighted by atomic mass is 9.96. The summed E-state index contributed by atoms with van der Waals surface area (Å²) in [5, 5.41) is 9.15. The Morgan fingerprint density at radius 2 is 2.05 bits per heavy atom. The van der Waals surface area contributed by atoms with Crippen molar-refractivity contribution >= 4 is 11.9 Å². The van der Waals surface area contributed by atoms with Crippen molar-refractivity contribution in [2.45, 2.75) is 39.3 Å². The van der Waals surface area contributed by atoms with Crippen molar-refractivity contribution in [3.63, 3.8) is 0 Å². The molecule has 0 saturated carbocycles. The maximum absolute atomic E-state index is 12.4. The molecule has 1 fully saturated rings. The zero-order chi connectivity index (χ0) is 14.6. The van der Waals surface area contributed by atoms with E-state index in [1.54, 1.807) is 4.90 Å². The van der Waals surface area contributed by atoms with Gasteiger partial charge in [0, 0.05) is 6.54 Å². The molecule has 0 radical (unpaired) electrons. The number of carboxylic acids is 1.